The SMILES string of the molecule is COc1ccc(C)cc1.Cc1ccc(C(=O)Oc2ccc(OC(=O)c3ccc(C)cc3)cc2)cc1.Cc1ccc(OCC(=O)c2ccc(C)cc2)cc1. The van der Waals surface area contributed by atoms with Crippen molar-refractivity contribution in [3.8, 4) is 23.0 Å². The van der Waals surface area contributed by atoms with Gasteiger partial charge in [0.1, 0.15) is 23.0 Å². The first-order valence-corrected chi connectivity index (χ1v) is 17.1. The lowest BCUT2D eigenvalue weighted by molar-refractivity contribution is 0.0719. The minimum atomic E-state index is -0.436. The Morgan fingerprint density at radius 3 is 1.00 bits per heavy atom. The van der Waals surface area contributed by atoms with Crippen LogP contribution < -0.4 is 18.9 Å². The standard InChI is InChI=1S/C22H18O4.C16H16O2.C8H10O/c1-15-3-7-17(8-4-15)21(23)25-19-11-13-20(14-12-19)26-22(24)18-9-5-16(2)6-10-18;1-12-3-7-14(8-4-12)16(17)11-18-15-9-5-13(2)6-10-15;1-7-3-5-8(9-2)6-4-7/h3-14H,1-2H3;3-10H,11H2,1-2H3;3-6H,1-2H3. The molecule has 0 atom stereocenters. The molecule has 0 aliphatic heterocycles. The van der Waals surface area contributed by atoms with Gasteiger partial charge in [0.15, 0.2) is 12.4 Å². The number of ketones is 1. The van der Waals surface area contributed by atoms with E-state index in [2.05, 4.69) is 6.92 Å². The average molecular weight is 709 g/mol. The van der Waals surface area contributed by atoms with Crippen molar-refractivity contribution in [3.05, 3.63) is 190 Å². The van der Waals surface area contributed by atoms with Gasteiger partial charge in [0.25, 0.3) is 0 Å². The van der Waals surface area contributed by atoms with Gasteiger partial charge in [-0.15, -0.1) is 0 Å². The zero-order valence-corrected chi connectivity index (χ0v) is 30.9. The Morgan fingerprint density at radius 1 is 0.377 bits per heavy atom. The topological polar surface area (TPSA) is 88.1 Å². The third-order valence-corrected chi connectivity index (χ3v) is 7.84. The summed E-state index contributed by atoms with van der Waals surface area (Å²) in [6.45, 7) is 10.0. The van der Waals surface area contributed by atoms with Gasteiger partial charge in [0, 0.05) is 5.56 Å². The number of esters is 2. The normalized spacial score (nSPS) is 10.0. The summed E-state index contributed by atoms with van der Waals surface area (Å²) in [4.78, 5) is 36.1. The lowest BCUT2D eigenvalue weighted by atomic mass is 10.1. The minimum Gasteiger partial charge on any atom is -0.497 e. The molecule has 0 saturated carbocycles. The fourth-order valence-electron chi connectivity index (χ4n) is 4.57. The number of aryl methyl sites for hydroxylation is 5. The maximum absolute atomic E-state index is 12.1. The number of hydrogen-bond donors (Lipinski definition) is 0. The summed E-state index contributed by atoms with van der Waals surface area (Å²) in [5, 5.41) is 0. The van der Waals surface area contributed by atoms with Gasteiger partial charge in [-0.1, -0.05) is 101 Å². The van der Waals surface area contributed by atoms with Crippen molar-refractivity contribution >= 4 is 17.7 Å². The number of carbonyl (C=O) groups is 3. The summed E-state index contributed by atoms with van der Waals surface area (Å²) >= 11 is 0. The first-order valence-electron chi connectivity index (χ1n) is 17.1. The van der Waals surface area contributed by atoms with Crippen LogP contribution in [0.2, 0.25) is 0 Å². The molecule has 7 heteroatoms. The van der Waals surface area contributed by atoms with E-state index in [1.54, 1.807) is 55.6 Å². The highest BCUT2D eigenvalue weighted by Crippen LogP contribution is 2.20. The van der Waals surface area contributed by atoms with Crippen molar-refractivity contribution in [1.29, 1.82) is 0 Å². The Morgan fingerprint density at radius 2 is 0.660 bits per heavy atom. The molecule has 53 heavy (non-hydrogen) atoms. The second-order valence-electron chi connectivity index (χ2n) is 12.4. The van der Waals surface area contributed by atoms with Crippen molar-refractivity contribution in [2.75, 3.05) is 13.7 Å². The van der Waals surface area contributed by atoms with Gasteiger partial charge < -0.3 is 18.9 Å². The molecule has 0 heterocycles. The molecule has 6 rings (SSSR count). The highest BCUT2D eigenvalue weighted by atomic mass is 16.5. The first kappa shape index (κ1) is 39.3. The number of ether oxygens (including phenoxy) is 4. The largest absolute Gasteiger partial charge is 0.497 e. The molecule has 0 spiro atoms. The summed E-state index contributed by atoms with van der Waals surface area (Å²) in [5.41, 5.74) is 7.36. The molecule has 6 aromatic carbocycles. The maximum atomic E-state index is 12.1. The van der Waals surface area contributed by atoms with E-state index in [1.165, 1.54) is 11.1 Å². The predicted molar refractivity (Wildman–Crippen MR) is 209 cm³/mol. The van der Waals surface area contributed by atoms with Crippen molar-refractivity contribution in [3.63, 3.8) is 0 Å². The highest BCUT2D eigenvalue weighted by Gasteiger charge is 2.11. The smallest absolute Gasteiger partial charge is 0.343 e. The van der Waals surface area contributed by atoms with E-state index in [4.69, 9.17) is 18.9 Å². The van der Waals surface area contributed by atoms with Crippen LogP contribution in [0.15, 0.2) is 146 Å². The zero-order chi connectivity index (χ0) is 38.2. The minimum absolute atomic E-state index is 0.00410. The van der Waals surface area contributed by atoms with Gasteiger partial charge in [0.2, 0.25) is 0 Å². The molecule has 0 aliphatic rings. The van der Waals surface area contributed by atoms with Crippen LogP contribution in [0.4, 0.5) is 0 Å². The van der Waals surface area contributed by atoms with Gasteiger partial charge in [-0.25, -0.2) is 9.59 Å². The number of methoxy groups -OCH3 is 1. The summed E-state index contributed by atoms with van der Waals surface area (Å²) in [6, 6.07) is 43.8. The molecule has 0 amide bonds. The fraction of sp³-hybridized carbons (Fsp3) is 0.152. The van der Waals surface area contributed by atoms with E-state index in [9.17, 15) is 14.4 Å². The van der Waals surface area contributed by atoms with Crippen molar-refractivity contribution in [2.24, 2.45) is 0 Å². The van der Waals surface area contributed by atoms with Crippen LogP contribution in [0.25, 0.3) is 0 Å². The lowest BCUT2D eigenvalue weighted by Crippen LogP contribution is -2.11. The molecule has 0 bridgehead atoms. The number of carbonyl (C=O) groups excluding carboxylic acids is 3. The molecule has 0 aliphatic carbocycles. The lowest BCUT2D eigenvalue weighted by Gasteiger charge is -2.07. The highest BCUT2D eigenvalue weighted by molar-refractivity contribution is 5.97. The molecule has 6 aromatic rings. The monoisotopic (exact) mass is 708 g/mol. The van der Waals surface area contributed by atoms with Crippen LogP contribution in [0.1, 0.15) is 58.9 Å². The van der Waals surface area contributed by atoms with Gasteiger partial charge in [-0.2, -0.15) is 0 Å². The number of benzene rings is 6. The van der Waals surface area contributed by atoms with E-state index in [0.717, 1.165) is 28.2 Å². The van der Waals surface area contributed by atoms with Crippen LogP contribution in [-0.4, -0.2) is 31.4 Å². The van der Waals surface area contributed by atoms with Crippen LogP contribution in [0, 0.1) is 34.6 Å². The van der Waals surface area contributed by atoms with Crippen LogP contribution in [-0.2, 0) is 0 Å². The molecule has 7 nitrogen and oxygen atoms in total. The van der Waals surface area contributed by atoms with Crippen LogP contribution >= 0.6 is 0 Å². The van der Waals surface area contributed by atoms with Gasteiger partial charge >= 0.3 is 11.9 Å². The molecule has 0 radical (unpaired) electrons. The Bertz CT molecular complexity index is 1970. The predicted octanol–water partition coefficient (Wildman–Crippen LogP) is 10.3. The number of rotatable bonds is 9. The van der Waals surface area contributed by atoms with Gasteiger partial charge in [-0.05, 0) is 107 Å². The van der Waals surface area contributed by atoms with E-state index in [-0.39, 0.29) is 12.4 Å². The van der Waals surface area contributed by atoms with Gasteiger partial charge in [-0.3, -0.25) is 4.79 Å². The quantitative estimate of drug-likeness (QED) is 0.0839. The third-order valence-electron chi connectivity index (χ3n) is 7.84. The molecule has 0 saturated heterocycles. The zero-order valence-electron chi connectivity index (χ0n) is 30.9. The fourth-order valence-corrected chi connectivity index (χ4v) is 4.57. The van der Waals surface area contributed by atoms with Crippen molar-refractivity contribution in [1.82, 2.24) is 0 Å². The van der Waals surface area contributed by atoms with E-state index >= 15 is 0 Å². The molecule has 270 valence electrons. The maximum Gasteiger partial charge on any atom is 0.343 e. The van der Waals surface area contributed by atoms with E-state index in [1.807, 2.05) is 125 Å². The van der Waals surface area contributed by atoms with Crippen molar-refractivity contribution in [2.45, 2.75) is 34.6 Å². The molecular weight excluding hydrogens is 664 g/mol. The van der Waals surface area contributed by atoms with Gasteiger partial charge in [0.05, 0.1) is 18.2 Å². The molecular formula is C46H44O7. The third kappa shape index (κ3) is 13.3. The second kappa shape index (κ2) is 19.8. The van der Waals surface area contributed by atoms with E-state index in [0.29, 0.717) is 28.2 Å². The Labute approximate surface area is 311 Å². The molecule has 0 aromatic heterocycles. The molecule has 0 fully saturated rings. The molecule has 0 unspecified atom stereocenters. The van der Waals surface area contributed by atoms with Crippen molar-refractivity contribution < 1.29 is 33.3 Å². The average Bonchev–Trinajstić information content (AvgIpc) is 3.17. The Kier molecular flexibility index (Phi) is 14.7. The Balaban J connectivity index is 0.000000200. The van der Waals surface area contributed by atoms with Crippen LogP contribution in [0.5, 0.6) is 23.0 Å². The summed E-state index contributed by atoms with van der Waals surface area (Å²) in [7, 11) is 1.67. The second-order valence-corrected chi connectivity index (χ2v) is 12.4. The van der Waals surface area contributed by atoms with E-state index < -0.39 is 11.9 Å². The number of Topliss-reactive ketones (excluding diaryl/α,β-unsaturated/α-hetero) is 1. The first-order chi connectivity index (χ1) is 25.5. The number of hydrogen-bond acceptors (Lipinski definition) is 7. The summed E-state index contributed by atoms with van der Waals surface area (Å²) in [6.07, 6.45) is 0. The Hall–Kier alpha value is -6.47. The summed E-state index contributed by atoms with van der Waals surface area (Å²) < 4.78 is 21.1. The molecule has 0 N–H and O–H groups in total. The van der Waals surface area contributed by atoms with Crippen LogP contribution in [0.3, 0.4) is 0 Å². The summed E-state index contributed by atoms with van der Waals surface area (Å²) in [5.74, 6) is 1.53.